The normalized spacial score (nSPS) is 12.4. The lowest BCUT2D eigenvalue weighted by molar-refractivity contribution is -0.119. The smallest absolute Gasteiger partial charge is 0.251 e. The van der Waals surface area contributed by atoms with Crippen LogP contribution in [0.15, 0.2) is 71.7 Å². The van der Waals surface area contributed by atoms with E-state index in [2.05, 4.69) is 10.3 Å². The molecule has 1 aliphatic carbocycles. The highest BCUT2D eigenvalue weighted by Gasteiger charge is 2.27. The minimum absolute atomic E-state index is 0.0593. The van der Waals surface area contributed by atoms with Crippen LogP contribution in [0.25, 0.3) is 11.1 Å². The van der Waals surface area contributed by atoms with Gasteiger partial charge in [0.05, 0.1) is 5.69 Å². The van der Waals surface area contributed by atoms with E-state index in [1.54, 1.807) is 54.6 Å². The summed E-state index contributed by atoms with van der Waals surface area (Å²) in [5.74, 6) is -1.35. The maximum Gasteiger partial charge on any atom is 0.251 e. The molecule has 0 aliphatic heterocycles. The van der Waals surface area contributed by atoms with Gasteiger partial charge >= 0.3 is 0 Å². The van der Waals surface area contributed by atoms with E-state index in [1.807, 2.05) is 12.1 Å². The van der Waals surface area contributed by atoms with Crippen LogP contribution >= 0.6 is 0 Å². The fourth-order valence-electron chi connectivity index (χ4n) is 3.72. The van der Waals surface area contributed by atoms with E-state index >= 15 is 0 Å². The molecule has 4 rings (SSSR count). The summed E-state index contributed by atoms with van der Waals surface area (Å²) >= 11 is 0. The molecule has 3 aromatic carbocycles. The molecule has 2 amide bonds. The number of benzene rings is 3. The lowest BCUT2D eigenvalue weighted by Crippen LogP contribution is -2.45. The molecule has 0 fully saturated rings. The van der Waals surface area contributed by atoms with Crippen molar-refractivity contribution in [2.75, 3.05) is 0 Å². The minimum Gasteiger partial charge on any atom is -0.370 e. The number of rotatable bonds is 6. The zero-order chi connectivity index (χ0) is 22.8. The lowest BCUT2D eigenvalue weighted by atomic mass is 10.0. The van der Waals surface area contributed by atoms with E-state index in [4.69, 9.17) is 17.2 Å². The first-order chi connectivity index (χ1) is 15.3. The topological polar surface area (TPSA) is 154 Å². The molecule has 3 aromatic rings. The second-order valence-corrected chi connectivity index (χ2v) is 7.47. The molecule has 32 heavy (non-hydrogen) atoms. The van der Waals surface area contributed by atoms with E-state index < -0.39 is 17.9 Å². The van der Waals surface area contributed by atoms with Gasteiger partial charge in [-0.05, 0) is 41.0 Å². The number of nitrogens with one attached hydrogen (secondary N) is 1. The molecule has 1 atom stereocenters. The molecule has 1 aliphatic rings. The first-order valence-electron chi connectivity index (χ1n) is 9.90. The van der Waals surface area contributed by atoms with Gasteiger partial charge in [0.25, 0.3) is 5.91 Å². The van der Waals surface area contributed by atoms with Crippen molar-refractivity contribution < 1.29 is 14.4 Å². The van der Waals surface area contributed by atoms with E-state index in [0.717, 1.165) is 16.7 Å². The van der Waals surface area contributed by atoms with Crippen LogP contribution in [-0.4, -0.2) is 29.6 Å². The highest BCUT2D eigenvalue weighted by Crippen LogP contribution is 2.36. The van der Waals surface area contributed by atoms with Crippen molar-refractivity contribution in [3.63, 3.8) is 0 Å². The Kier molecular flexibility index (Phi) is 5.43. The number of hydrogen-bond donors (Lipinski definition) is 4. The highest BCUT2D eigenvalue weighted by atomic mass is 16.2. The fraction of sp³-hybridized carbons (Fsp3) is 0.0833. The third kappa shape index (κ3) is 4.06. The number of carbonyl (C=O) groups excluding carboxylic acids is 3. The molecule has 0 spiro atoms. The summed E-state index contributed by atoms with van der Waals surface area (Å²) in [6, 6.07) is 18.2. The number of hydrogen-bond acceptors (Lipinski definition) is 4. The van der Waals surface area contributed by atoms with Crippen LogP contribution in [-0.2, 0) is 11.2 Å². The Labute approximate surface area is 184 Å². The van der Waals surface area contributed by atoms with E-state index in [-0.39, 0.29) is 23.7 Å². The van der Waals surface area contributed by atoms with Crippen molar-refractivity contribution in [2.45, 2.75) is 12.5 Å². The Morgan fingerprint density at radius 3 is 2.16 bits per heavy atom. The van der Waals surface area contributed by atoms with Crippen molar-refractivity contribution in [3.8, 4) is 11.1 Å². The second kappa shape index (κ2) is 8.35. The second-order valence-electron chi connectivity index (χ2n) is 7.47. The molecule has 8 nitrogen and oxygen atoms in total. The van der Waals surface area contributed by atoms with Crippen LogP contribution in [0, 0.1) is 0 Å². The molecular formula is C24H21N5O3. The predicted molar refractivity (Wildman–Crippen MR) is 121 cm³/mol. The molecule has 0 radical (unpaired) electrons. The number of nitrogens with zero attached hydrogens (tertiary/aromatic N) is 1. The van der Waals surface area contributed by atoms with E-state index in [1.165, 1.54) is 0 Å². The van der Waals surface area contributed by atoms with Crippen molar-refractivity contribution in [1.29, 1.82) is 0 Å². The Balaban J connectivity index is 1.51. The van der Waals surface area contributed by atoms with Crippen molar-refractivity contribution in [2.24, 2.45) is 22.2 Å². The van der Waals surface area contributed by atoms with Gasteiger partial charge in [-0.2, -0.15) is 0 Å². The first kappa shape index (κ1) is 20.8. The zero-order valence-electron chi connectivity index (χ0n) is 17.0. The number of amides is 2. The summed E-state index contributed by atoms with van der Waals surface area (Å²) in [4.78, 5) is 41.4. The van der Waals surface area contributed by atoms with Gasteiger partial charge in [0.1, 0.15) is 6.04 Å². The minimum atomic E-state index is -0.933. The summed E-state index contributed by atoms with van der Waals surface area (Å²) in [6.45, 7) is 0. The summed E-state index contributed by atoms with van der Waals surface area (Å²) in [5.41, 5.74) is 20.5. The van der Waals surface area contributed by atoms with Gasteiger partial charge in [0, 0.05) is 23.1 Å². The molecule has 7 N–H and O–H groups in total. The first-order valence-corrected chi connectivity index (χ1v) is 9.90. The fourth-order valence-corrected chi connectivity index (χ4v) is 3.72. The van der Waals surface area contributed by atoms with Crippen molar-refractivity contribution in [1.82, 2.24) is 5.32 Å². The largest absolute Gasteiger partial charge is 0.370 e. The van der Waals surface area contributed by atoms with Gasteiger partial charge in [-0.15, -0.1) is 0 Å². The third-order valence-corrected chi connectivity index (χ3v) is 5.27. The molecule has 0 bridgehead atoms. The van der Waals surface area contributed by atoms with E-state index in [0.29, 0.717) is 16.8 Å². The van der Waals surface area contributed by atoms with Gasteiger partial charge in [-0.1, -0.05) is 42.5 Å². The van der Waals surface area contributed by atoms with Crippen LogP contribution < -0.4 is 22.5 Å². The van der Waals surface area contributed by atoms with Crippen LogP contribution in [0.3, 0.4) is 0 Å². The average Bonchev–Trinajstić information content (AvgIpc) is 3.06. The Bertz CT molecular complexity index is 1260. The number of guanidine groups is 1. The summed E-state index contributed by atoms with van der Waals surface area (Å²) in [5, 5.41) is 2.66. The molecule has 1 unspecified atom stereocenters. The average molecular weight is 427 g/mol. The van der Waals surface area contributed by atoms with Gasteiger partial charge in [-0.25, -0.2) is 4.99 Å². The number of fused-ring (bicyclic) bond motifs is 3. The molecule has 160 valence electrons. The van der Waals surface area contributed by atoms with Crippen LogP contribution in [0.5, 0.6) is 0 Å². The van der Waals surface area contributed by atoms with Gasteiger partial charge < -0.3 is 22.5 Å². The Morgan fingerprint density at radius 2 is 1.50 bits per heavy atom. The SMILES string of the molecule is NC(=O)C(Cc1ccc(N=C(N)N)cc1)NC(=O)c1ccc2c(c1)C(=O)c1ccccc1-2. The number of nitrogens with two attached hydrogens (primary N) is 3. The molecule has 0 saturated carbocycles. The third-order valence-electron chi connectivity index (χ3n) is 5.27. The van der Waals surface area contributed by atoms with Gasteiger partial charge in [-0.3, -0.25) is 14.4 Å². The van der Waals surface area contributed by atoms with Gasteiger partial charge in [0.2, 0.25) is 5.91 Å². The maximum absolute atomic E-state index is 12.8. The van der Waals surface area contributed by atoms with Crippen LogP contribution in [0.4, 0.5) is 5.69 Å². The Hall–Kier alpha value is -4.46. The quantitative estimate of drug-likeness (QED) is 0.272. The molecule has 0 heterocycles. The van der Waals surface area contributed by atoms with Crippen LogP contribution in [0.2, 0.25) is 0 Å². The molecule has 8 heteroatoms. The summed E-state index contributed by atoms with van der Waals surface area (Å²) in [6.07, 6.45) is 0.193. The molecule has 0 aromatic heterocycles. The monoisotopic (exact) mass is 427 g/mol. The summed E-state index contributed by atoms with van der Waals surface area (Å²) in [7, 11) is 0. The lowest BCUT2D eigenvalue weighted by Gasteiger charge is -2.16. The van der Waals surface area contributed by atoms with Gasteiger partial charge in [0.15, 0.2) is 11.7 Å². The zero-order valence-corrected chi connectivity index (χ0v) is 17.0. The standard InChI is InChI=1S/C24H21N5O3/c25-22(31)20(11-13-5-8-15(9-6-13)28-24(26)27)29-23(32)14-7-10-17-16-3-1-2-4-18(16)21(30)19(17)12-14/h1-10,12,20H,11H2,(H2,25,31)(H,29,32)(H4,26,27,28). The maximum atomic E-state index is 12.8. The van der Waals surface area contributed by atoms with E-state index in [9.17, 15) is 14.4 Å². The summed E-state index contributed by atoms with van der Waals surface area (Å²) < 4.78 is 0. The van der Waals surface area contributed by atoms with Crippen LogP contribution in [0.1, 0.15) is 31.8 Å². The molecular weight excluding hydrogens is 406 g/mol. The number of aliphatic imine (C=N–C) groups is 1. The number of primary amides is 1. The number of ketones is 1. The highest BCUT2D eigenvalue weighted by molar-refractivity contribution is 6.22. The van der Waals surface area contributed by atoms with Crippen molar-refractivity contribution >= 4 is 29.2 Å². The Morgan fingerprint density at radius 1 is 0.844 bits per heavy atom. The predicted octanol–water partition coefficient (Wildman–Crippen LogP) is 1.63. The van der Waals surface area contributed by atoms with Crippen molar-refractivity contribution in [3.05, 3.63) is 89.0 Å². The molecule has 0 saturated heterocycles. The number of carbonyl (C=O) groups is 3.